The molecule has 4 heteroatoms. The molecule has 0 fully saturated rings. The van der Waals surface area contributed by atoms with Gasteiger partial charge in [0.2, 0.25) is 0 Å². The molecule has 0 saturated carbocycles. The largest absolute Gasteiger partial charge is 0.0705 e. The molecule has 1 aromatic rings. The molecule has 0 aliphatic heterocycles. The first kappa shape index (κ1) is 8.19. The van der Waals surface area contributed by atoms with Crippen LogP contribution in [0.4, 0.5) is 0 Å². The molecule has 0 spiro atoms. The van der Waals surface area contributed by atoms with Gasteiger partial charge in [-0.2, -0.15) is 0 Å². The van der Waals surface area contributed by atoms with E-state index in [1.165, 1.54) is 19.5 Å². The third kappa shape index (κ3) is 2.05. The molecule has 0 aliphatic carbocycles. The maximum atomic E-state index is 2.36. The molecule has 54 valence electrons. The van der Waals surface area contributed by atoms with Crippen molar-refractivity contribution in [3.63, 3.8) is 0 Å². The first-order valence-electron chi connectivity index (χ1n) is 3.94. The number of hydrogen-bond acceptors (Lipinski definition) is 0. The van der Waals surface area contributed by atoms with Gasteiger partial charge in [0.1, 0.15) is 0 Å². The average molecular weight is 199 g/mol. The second-order valence-electron chi connectivity index (χ2n) is 2.52. The van der Waals surface area contributed by atoms with Gasteiger partial charge in [0, 0.05) is 18.1 Å². The summed E-state index contributed by atoms with van der Waals surface area (Å²) in [5.74, 6) is 0. The van der Waals surface area contributed by atoms with E-state index in [1.54, 1.807) is 10.4 Å². The molecule has 10 heavy (non-hydrogen) atoms. The second kappa shape index (κ2) is 4.07. The number of benzene rings is 1. The molecule has 0 radical (unpaired) electrons. The van der Waals surface area contributed by atoms with Crippen LogP contribution in [0.15, 0.2) is 24.3 Å². The lowest BCUT2D eigenvalue weighted by molar-refractivity contribution is 1.84. The van der Waals surface area contributed by atoms with Crippen molar-refractivity contribution in [1.29, 1.82) is 0 Å². The molecule has 1 aromatic carbocycles. The van der Waals surface area contributed by atoms with Crippen molar-refractivity contribution in [3.8, 4) is 0 Å². The summed E-state index contributed by atoms with van der Waals surface area (Å²) in [5.41, 5.74) is 0. The van der Waals surface area contributed by atoms with Gasteiger partial charge in [0.15, 0.2) is 0 Å². The minimum atomic E-state index is 0.233. The lowest BCUT2D eigenvalue weighted by Gasteiger charge is -1.97. The van der Waals surface area contributed by atoms with E-state index < -0.39 is 0 Å². The van der Waals surface area contributed by atoms with Crippen LogP contribution in [0, 0.1) is 0 Å². The molecule has 1 rings (SSSR count). The van der Waals surface area contributed by atoms with Crippen molar-refractivity contribution < 1.29 is 0 Å². The summed E-state index contributed by atoms with van der Waals surface area (Å²) >= 11 is 0. The first-order valence-corrected chi connectivity index (χ1v) is 16.7. The maximum Gasteiger partial charge on any atom is 0.0384 e. The van der Waals surface area contributed by atoms with Gasteiger partial charge in [-0.25, -0.2) is 0 Å². The van der Waals surface area contributed by atoms with Crippen LogP contribution in [0.25, 0.3) is 0 Å². The monoisotopic (exact) mass is 198 g/mol. The van der Waals surface area contributed by atoms with Gasteiger partial charge < -0.3 is 0 Å². The van der Waals surface area contributed by atoms with E-state index >= 15 is 0 Å². The van der Waals surface area contributed by atoms with Crippen LogP contribution < -0.4 is 10.4 Å². The van der Waals surface area contributed by atoms with Crippen molar-refractivity contribution in [2.75, 3.05) is 0 Å². The average Bonchev–Trinajstić information content (AvgIpc) is 2.05. The lowest BCUT2D eigenvalue weighted by atomic mass is 10.4. The standard InChI is InChI=1S/C6H14Si4/c7-9-5-1-2-6(10-8)4-3-5/h1-4H,9-10H2,7-8H3. The quantitative estimate of drug-likeness (QED) is 0.423. The van der Waals surface area contributed by atoms with Gasteiger partial charge in [-0.05, 0) is 19.5 Å². The Kier molecular flexibility index (Phi) is 3.33. The Balaban J connectivity index is 2.80. The van der Waals surface area contributed by atoms with Crippen molar-refractivity contribution in [2.45, 2.75) is 0 Å². The fraction of sp³-hybridized carbons (Fsp3) is 0. The molecule has 0 amide bonds. The van der Waals surface area contributed by atoms with Gasteiger partial charge in [0.25, 0.3) is 0 Å². The van der Waals surface area contributed by atoms with Gasteiger partial charge >= 0.3 is 0 Å². The van der Waals surface area contributed by atoms with Crippen LogP contribution in [0.3, 0.4) is 0 Å². The van der Waals surface area contributed by atoms with Gasteiger partial charge in [-0.1, -0.05) is 34.6 Å². The summed E-state index contributed by atoms with van der Waals surface area (Å²) in [7, 11) is 3.34. The van der Waals surface area contributed by atoms with E-state index in [0.717, 1.165) is 0 Å². The SMILES string of the molecule is [SiH3][SiH2]c1ccc([SiH2][SiH3])cc1. The summed E-state index contributed by atoms with van der Waals surface area (Å²) < 4.78 is 0. The molecule has 0 atom stereocenters. The molecule has 0 N–H and O–H groups in total. The van der Waals surface area contributed by atoms with Crippen LogP contribution in [0.5, 0.6) is 0 Å². The maximum absolute atomic E-state index is 2.36. The van der Waals surface area contributed by atoms with E-state index in [-0.39, 0.29) is 18.1 Å². The second-order valence-corrected chi connectivity index (χ2v) is 9.81. The fourth-order valence-electron chi connectivity index (χ4n) is 1.01. The molecular weight excluding hydrogens is 184 g/mol. The third-order valence-electron chi connectivity index (χ3n) is 1.84. The summed E-state index contributed by atoms with van der Waals surface area (Å²) in [4.78, 5) is 0. The predicted molar refractivity (Wildman–Crippen MR) is 62.7 cm³/mol. The molecule has 0 unspecified atom stereocenters. The fourth-order valence-corrected chi connectivity index (χ4v) is 5.25. The number of rotatable bonds is 2. The summed E-state index contributed by atoms with van der Waals surface area (Å²) in [6.07, 6.45) is 0. The van der Waals surface area contributed by atoms with Crippen LogP contribution in [-0.4, -0.2) is 37.6 Å². The Morgan fingerprint density at radius 1 is 0.800 bits per heavy atom. The van der Waals surface area contributed by atoms with Gasteiger partial charge in [-0.15, -0.1) is 0 Å². The smallest absolute Gasteiger partial charge is 0.0384 e. The van der Waals surface area contributed by atoms with Gasteiger partial charge in [0.05, 0.1) is 0 Å². The zero-order valence-electron chi connectivity index (χ0n) is 6.72. The van der Waals surface area contributed by atoms with E-state index in [4.69, 9.17) is 0 Å². The minimum absolute atomic E-state index is 0.233. The molecule has 0 aliphatic rings. The molecular formula is C6H14Si4. The Hall–Kier alpha value is 0.0875. The Bertz CT molecular complexity index is 170. The van der Waals surface area contributed by atoms with Crippen molar-refractivity contribution in [2.24, 2.45) is 0 Å². The Labute approximate surface area is 72.5 Å². The van der Waals surface area contributed by atoms with Gasteiger partial charge in [-0.3, -0.25) is 0 Å². The van der Waals surface area contributed by atoms with Crippen molar-refractivity contribution >= 4 is 48.0 Å². The summed E-state index contributed by atoms with van der Waals surface area (Å²) in [6, 6.07) is 9.44. The molecule has 0 saturated heterocycles. The molecule has 0 heterocycles. The minimum Gasteiger partial charge on any atom is -0.0705 e. The highest BCUT2D eigenvalue weighted by Crippen LogP contribution is 1.76. The highest BCUT2D eigenvalue weighted by atomic mass is 29.1. The lowest BCUT2D eigenvalue weighted by Crippen LogP contribution is -2.20. The topological polar surface area (TPSA) is 0 Å². The van der Waals surface area contributed by atoms with E-state index in [1.807, 2.05) is 0 Å². The van der Waals surface area contributed by atoms with Crippen LogP contribution in [0.2, 0.25) is 0 Å². The molecule has 0 bridgehead atoms. The summed E-state index contributed by atoms with van der Waals surface area (Å²) in [6.45, 7) is 0. The van der Waals surface area contributed by atoms with E-state index in [0.29, 0.717) is 0 Å². The van der Waals surface area contributed by atoms with Crippen molar-refractivity contribution in [1.82, 2.24) is 0 Å². The van der Waals surface area contributed by atoms with E-state index in [2.05, 4.69) is 24.3 Å². The van der Waals surface area contributed by atoms with Crippen molar-refractivity contribution in [3.05, 3.63) is 24.3 Å². The molecule has 0 nitrogen and oxygen atoms in total. The predicted octanol–water partition coefficient (Wildman–Crippen LogP) is -4.16. The Morgan fingerprint density at radius 2 is 1.10 bits per heavy atom. The highest BCUT2D eigenvalue weighted by molar-refractivity contribution is 6.98. The van der Waals surface area contributed by atoms with Crippen LogP contribution >= 0.6 is 0 Å². The number of hydrogen-bond donors (Lipinski definition) is 0. The van der Waals surface area contributed by atoms with E-state index in [9.17, 15) is 0 Å². The third-order valence-corrected chi connectivity index (χ3v) is 9.31. The highest BCUT2D eigenvalue weighted by Gasteiger charge is 1.88. The van der Waals surface area contributed by atoms with Crippen LogP contribution in [0.1, 0.15) is 0 Å². The first-order chi connectivity index (χ1) is 4.86. The zero-order chi connectivity index (χ0) is 7.40. The summed E-state index contributed by atoms with van der Waals surface area (Å²) in [5, 5.41) is 3.33. The van der Waals surface area contributed by atoms with Crippen LogP contribution in [-0.2, 0) is 0 Å². The Morgan fingerprint density at radius 3 is 1.30 bits per heavy atom. The normalized spacial score (nSPS) is 12.8. The molecule has 0 aromatic heterocycles. The zero-order valence-corrected chi connectivity index (χ0v) is 13.6.